The van der Waals surface area contributed by atoms with Gasteiger partial charge >= 0.3 is 0 Å². The van der Waals surface area contributed by atoms with E-state index in [4.69, 9.17) is 17.0 Å². The lowest BCUT2D eigenvalue weighted by molar-refractivity contribution is -0.133. The van der Waals surface area contributed by atoms with Crippen molar-refractivity contribution in [2.75, 3.05) is 18.0 Å². The van der Waals surface area contributed by atoms with Crippen LogP contribution in [0, 0.1) is 4.77 Å². The van der Waals surface area contributed by atoms with Crippen LogP contribution in [-0.2, 0) is 4.74 Å². The monoisotopic (exact) mass is 310 g/mol. The fourth-order valence-corrected chi connectivity index (χ4v) is 4.22. The summed E-state index contributed by atoms with van der Waals surface area (Å²) in [6, 6.07) is 0.500. The van der Waals surface area contributed by atoms with Gasteiger partial charge in [0.2, 0.25) is 5.95 Å². The smallest absolute Gasteiger partial charge is 0.226 e. The molecule has 2 heterocycles. The average molecular weight is 310 g/mol. The second kappa shape index (κ2) is 5.09. The van der Waals surface area contributed by atoms with Gasteiger partial charge in [-0.3, -0.25) is 4.57 Å². The van der Waals surface area contributed by atoms with Gasteiger partial charge in [0.25, 0.3) is 0 Å². The van der Waals surface area contributed by atoms with Crippen molar-refractivity contribution in [3.63, 3.8) is 0 Å². The minimum atomic E-state index is -0.185. The van der Waals surface area contributed by atoms with Crippen molar-refractivity contribution in [1.82, 2.24) is 14.8 Å². The Bertz CT molecular complexity index is 552. The first-order chi connectivity index (χ1) is 9.77. The van der Waals surface area contributed by atoms with Crippen LogP contribution in [0.25, 0.3) is 0 Å². The molecule has 0 bridgehead atoms. The average Bonchev–Trinajstić information content (AvgIpc) is 2.92. The van der Waals surface area contributed by atoms with Crippen molar-refractivity contribution < 1.29 is 4.74 Å². The highest BCUT2D eigenvalue weighted by Gasteiger charge is 2.40. The third kappa shape index (κ3) is 3.01. The van der Waals surface area contributed by atoms with E-state index < -0.39 is 0 Å². The molecule has 3 rings (SSSR count). The van der Waals surface area contributed by atoms with E-state index in [2.05, 4.69) is 47.4 Å². The van der Waals surface area contributed by atoms with Crippen LogP contribution in [0.3, 0.4) is 0 Å². The van der Waals surface area contributed by atoms with E-state index in [1.807, 2.05) is 0 Å². The summed E-state index contributed by atoms with van der Waals surface area (Å²) in [6.07, 6.45) is 4.99. The largest absolute Gasteiger partial charge is 0.366 e. The summed E-state index contributed by atoms with van der Waals surface area (Å²) in [5, 5.41) is 7.53. The van der Waals surface area contributed by atoms with Gasteiger partial charge in [0, 0.05) is 19.1 Å². The lowest BCUT2D eigenvalue weighted by Gasteiger charge is -2.47. The highest BCUT2D eigenvalue weighted by molar-refractivity contribution is 7.71. The molecule has 1 aromatic heterocycles. The number of H-pyrrole nitrogens is 1. The summed E-state index contributed by atoms with van der Waals surface area (Å²) in [4.78, 5) is 2.33. The molecule has 0 spiro atoms. The van der Waals surface area contributed by atoms with Crippen molar-refractivity contribution in [2.24, 2.45) is 0 Å². The van der Waals surface area contributed by atoms with Crippen LogP contribution in [0.15, 0.2) is 0 Å². The van der Waals surface area contributed by atoms with Crippen molar-refractivity contribution in [3.8, 4) is 0 Å². The first-order valence-corrected chi connectivity index (χ1v) is 8.30. The van der Waals surface area contributed by atoms with Crippen molar-refractivity contribution in [3.05, 3.63) is 4.77 Å². The number of aromatic nitrogens is 3. The SMILES string of the molecule is CC1(C)CN(c2n[nH]c(=S)n2C2CCCC2)CC(C)(C)O1. The molecule has 5 nitrogen and oxygen atoms in total. The molecular weight excluding hydrogens is 284 g/mol. The van der Waals surface area contributed by atoms with E-state index in [1.165, 1.54) is 25.7 Å². The van der Waals surface area contributed by atoms with Crippen molar-refractivity contribution in [1.29, 1.82) is 0 Å². The number of rotatable bonds is 2. The minimum Gasteiger partial charge on any atom is -0.366 e. The number of morpholine rings is 1. The van der Waals surface area contributed by atoms with E-state index in [9.17, 15) is 0 Å². The van der Waals surface area contributed by atoms with Gasteiger partial charge < -0.3 is 9.64 Å². The summed E-state index contributed by atoms with van der Waals surface area (Å²) < 4.78 is 9.16. The van der Waals surface area contributed by atoms with Crippen LogP contribution >= 0.6 is 12.2 Å². The summed E-state index contributed by atoms with van der Waals surface area (Å²) in [7, 11) is 0. The highest BCUT2D eigenvalue weighted by Crippen LogP contribution is 2.35. The topological polar surface area (TPSA) is 46.1 Å². The van der Waals surface area contributed by atoms with Crippen molar-refractivity contribution in [2.45, 2.75) is 70.6 Å². The Morgan fingerprint density at radius 1 is 1.14 bits per heavy atom. The molecule has 2 fully saturated rings. The summed E-state index contributed by atoms with van der Waals surface area (Å²) >= 11 is 5.48. The maximum Gasteiger partial charge on any atom is 0.226 e. The Hall–Kier alpha value is -0.880. The van der Waals surface area contributed by atoms with Gasteiger partial charge in [0.05, 0.1) is 11.2 Å². The molecule has 0 unspecified atom stereocenters. The Labute approximate surface area is 131 Å². The molecule has 118 valence electrons. The molecular formula is C15H26N4OS. The predicted octanol–water partition coefficient (Wildman–Crippen LogP) is 3.45. The molecule has 0 atom stereocenters. The normalized spacial score (nSPS) is 25.4. The zero-order valence-corrected chi connectivity index (χ0v) is 14.3. The molecule has 0 aromatic carbocycles. The van der Waals surface area contributed by atoms with Gasteiger partial charge in [-0.25, -0.2) is 5.10 Å². The number of anilines is 1. The number of ether oxygens (including phenoxy) is 1. The molecule has 1 saturated heterocycles. The van der Waals surface area contributed by atoms with Gasteiger partial charge in [-0.2, -0.15) is 0 Å². The fraction of sp³-hybridized carbons (Fsp3) is 0.867. The number of nitrogens with one attached hydrogen (secondary N) is 1. The highest BCUT2D eigenvalue weighted by atomic mass is 32.1. The second-order valence-electron chi connectivity index (χ2n) is 7.61. The van der Waals surface area contributed by atoms with Crippen LogP contribution < -0.4 is 4.90 Å². The quantitative estimate of drug-likeness (QED) is 0.850. The van der Waals surface area contributed by atoms with Gasteiger partial charge in [0.15, 0.2) is 4.77 Å². The Morgan fingerprint density at radius 3 is 2.29 bits per heavy atom. The zero-order valence-electron chi connectivity index (χ0n) is 13.5. The van der Waals surface area contributed by atoms with E-state index in [0.717, 1.165) is 23.8 Å². The first-order valence-electron chi connectivity index (χ1n) is 7.89. The molecule has 1 aromatic rings. The number of hydrogen-bond acceptors (Lipinski definition) is 4. The Morgan fingerprint density at radius 2 is 1.71 bits per heavy atom. The number of aromatic amines is 1. The summed E-state index contributed by atoms with van der Waals surface area (Å²) in [6.45, 7) is 10.2. The molecule has 1 aliphatic carbocycles. The maximum absolute atomic E-state index is 6.17. The molecule has 1 saturated carbocycles. The molecule has 1 N–H and O–H groups in total. The van der Waals surface area contributed by atoms with E-state index in [-0.39, 0.29) is 11.2 Å². The number of hydrogen-bond donors (Lipinski definition) is 1. The number of nitrogens with zero attached hydrogens (tertiary/aromatic N) is 3. The lowest BCUT2D eigenvalue weighted by atomic mass is 9.99. The molecule has 1 aliphatic heterocycles. The van der Waals surface area contributed by atoms with Gasteiger partial charge in [-0.05, 0) is 52.8 Å². The maximum atomic E-state index is 6.17. The van der Waals surface area contributed by atoms with Gasteiger partial charge in [0.1, 0.15) is 0 Å². The third-order valence-corrected chi connectivity index (χ3v) is 4.64. The third-order valence-electron chi connectivity index (χ3n) is 4.35. The van der Waals surface area contributed by atoms with Crippen LogP contribution in [0.2, 0.25) is 0 Å². The van der Waals surface area contributed by atoms with Crippen LogP contribution in [-0.4, -0.2) is 39.1 Å². The summed E-state index contributed by atoms with van der Waals surface area (Å²) in [5.41, 5.74) is -0.369. The molecule has 0 amide bonds. The van der Waals surface area contributed by atoms with E-state index in [0.29, 0.717) is 6.04 Å². The van der Waals surface area contributed by atoms with Crippen molar-refractivity contribution >= 4 is 18.2 Å². The van der Waals surface area contributed by atoms with Crippen LogP contribution in [0.1, 0.15) is 59.4 Å². The van der Waals surface area contributed by atoms with E-state index in [1.54, 1.807) is 0 Å². The predicted molar refractivity (Wildman–Crippen MR) is 86.4 cm³/mol. The molecule has 0 radical (unpaired) electrons. The first kappa shape index (κ1) is 15.0. The van der Waals surface area contributed by atoms with Crippen LogP contribution in [0.5, 0.6) is 0 Å². The Kier molecular flexibility index (Phi) is 3.64. The van der Waals surface area contributed by atoms with Gasteiger partial charge in [-0.1, -0.05) is 12.8 Å². The minimum absolute atomic E-state index is 0.185. The van der Waals surface area contributed by atoms with E-state index >= 15 is 0 Å². The summed E-state index contributed by atoms with van der Waals surface area (Å²) in [5.74, 6) is 0.983. The van der Waals surface area contributed by atoms with Crippen LogP contribution in [0.4, 0.5) is 5.95 Å². The molecule has 21 heavy (non-hydrogen) atoms. The molecule has 6 heteroatoms. The lowest BCUT2D eigenvalue weighted by Crippen LogP contribution is -2.58. The second-order valence-corrected chi connectivity index (χ2v) is 8.00. The van der Waals surface area contributed by atoms with Gasteiger partial charge in [-0.15, -0.1) is 5.10 Å². The zero-order chi connectivity index (χ0) is 15.3. The standard InChI is InChI=1S/C15H26N4OS/c1-14(2)9-18(10-15(3,4)20-14)12-16-17-13(21)19(12)11-7-5-6-8-11/h11H,5-10H2,1-4H3,(H,17,21). The Balaban J connectivity index is 1.95. The fourth-order valence-electron chi connectivity index (χ4n) is 3.94. The molecule has 2 aliphatic rings.